The first-order valence-corrected chi connectivity index (χ1v) is 5.51. The van der Waals surface area contributed by atoms with E-state index in [4.69, 9.17) is 0 Å². The van der Waals surface area contributed by atoms with Gasteiger partial charge in [0.25, 0.3) is 0 Å². The molecule has 0 aliphatic carbocycles. The standard InChI is InChI=1S/C9H12FNO2S/c1-9(2,3)7-4-5-8(11-6-7)14(10,12)13/h4-6H,1-3H3. The van der Waals surface area contributed by atoms with Gasteiger partial charge in [0.05, 0.1) is 0 Å². The Hall–Kier alpha value is -0.970. The second kappa shape index (κ2) is 3.31. The average molecular weight is 217 g/mol. The Balaban J connectivity index is 3.14. The van der Waals surface area contributed by atoms with Crippen molar-refractivity contribution in [2.45, 2.75) is 31.2 Å². The lowest BCUT2D eigenvalue weighted by Crippen LogP contribution is -2.11. The highest BCUT2D eigenvalue weighted by Gasteiger charge is 2.17. The van der Waals surface area contributed by atoms with Crippen LogP contribution in [0.4, 0.5) is 3.89 Å². The van der Waals surface area contributed by atoms with E-state index in [0.29, 0.717) is 0 Å². The maximum absolute atomic E-state index is 12.5. The lowest BCUT2D eigenvalue weighted by Gasteiger charge is -2.17. The Morgan fingerprint density at radius 2 is 1.86 bits per heavy atom. The molecule has 1 heterocycles. The van der Waals surface area contributed by atoms with Crippen molar-refractivity contribution in [3.8, 4) is 0 Å². The van der Waals surface area contributed by atoms with Crippen LogP contribution in [0.3, 0.4) is 0 Å². The molecular formula is C9H12FNO2S. The van der Waals surface area contributed by atoms with Crippen LogP contribution in [-0.4, -0.2) is 13.4 Å². The van der Waals surface area contributed by atoms with Crippen LogP contribution in [0.5, 0.6) is 0 Å². The number of rotatable bonds is 1. The van der Waals surface area contributed by atoms with E-state index >= 15 is 0 Å². The topological polar surface area (TPSA) is 47.0 Å². The predicted molar refractivity (Wildman–Crippen MR) is 51.2 cm³/mol. The van der Waals surface area contributed by atoms with Gasteiger partial charge < -0.3 is 0 Å². The maximum Gasteiger partial charge on any atom is 0.349 e. The summed E-state index contributed by atoms with van der Waals surface area (Å²) in [5.41, 5.74) is 0.746. The Morgan fingerprint density at radius 1 is 1.29 bits per heavy atom. The van der Waals surface area contributed by atoms with Crippen molar-refractivity contribution in [2.75, 3.05) is 0 Å². The van der Waals surface area contributed by atoms with Gasteiger partial charge in [-0.2, -0.15) is 8.42 Å². The molecule has 0 fully saturated rings. The molecule has 0 saturated heterocycles. The van der Waals surface area contributed by atoms with E-state index in [9.17, 15) is 12.3 Å². The smallest absolute Gasteiger partial charge is 0.242 e. The van der Waals surface area contributed by atoms with Crippen molar-refractivity contribution in [3.63, 3.8) is 0 Å². The summed E-state index contributed by atoms with van der Waals surface area (Å²) in [4.78, 5) is 3.55. The van der Waals surface area contributed by atoms with Gasteiger partial charge in [-0.25, -0.2) is 4.98 Å². The molecule has 1 aromatic heterocycles. The Kier molecular flexibility index (Phi) is 2.63. The predicted octanol–water partition coefficient (Wildman–Crippen LogP) is 2.04. The zero-order valence-electron chi connectivity index (χ0n) is 8.28. The van der Waals surface area contributed by atoms with Crippen molar-refractivity contribution in [1.82, 2.24) is 4.98 Å². The SMILES string of the molecule is CC(C)(C)c1ccc(S(=O)(=O)F)nc1. The van der Waals surface area contributed by atoms with Gasteiger partial charge in [-0.05, 0) is 17.0 Å². The van der Waals surface area contributed by atoms with Crippen molar-refractivity contribution >= 4 is 10.2 Å². The van der Waals surface area contributed by atoms with E-state index in [1.165, 1.54) is 12.3 Å². The summed E-state index contributed by atoms with van der Waals surface area (Å²) in [6.07, 6.45) is 1.38. The second-order valence-electron chi connectivity index (χ2n) is 4.07. The first-order chi connectivity index (χ1) is 6.21. The van der Waals surface area contributed by atoms with Gasteiger partial charge in [-0.15, -0.1) is 0 Å². The summed E-state index contributed by atoms with van der Waals surface area (Å²) in [6, 6.07) is 2.75. The number of hydrogen-bond acceptors (Lipinski definition) is 3. The van der Waals surface area contributed by atoms with Crippen LogP contribution >= 0.6 is 0 Å². The van der Waals surface area contributed by atoms with Gasteiger partial charge >= 0.3 is 10.2 Å². The summed E-state index contributed by atoms with van der Waals surface area (Å²) >= 11 is 0. The van der Waals surface area contributed by atoms with Gasteiger partial charge in [0.1, 0.15) is 0 Å². The van der Waals surface area contributed by atoms with E-state index in [-0.39, 0.29) is 5.41 Å². The van der Waals surface area contributed by atoms with Gasteiger partial charge in [0, 0.05) is 6.20 Å². The van der Waals surface area contributed by atoms with Crippen LogP contribution in [0, 0.1) is 0 Å². The molecule has 3 nitrogen and oxygen atoms in total. The van der Waals surface area contributed by atoms with Crippen LogP contribution in [0.1, 0.15) is 26.3 Å². The number of pyridine rings is 1. The molecule has 0 saturated carbocycles. The lowest BCUT2D eigenvalue weighted by atomic mass is 9.88. The molecule has 14 heavy (non-hydrogen) atoms. The third-order valence-electron chi connectivity index (χ3n) is 1.85. The quantitative estimate of drug-likeness (QED) is 0.676. The zero-order valence-corrected chi connectivity index (χ0v) is 9.10. The zero-order chi connectivity index (χ0) is 11.0. The number of nitrogens with zero attached hydrogens (tertiary/aromatic N) is 1. The molecule has 1 rings (SSSR count). The summed E-state index contributed by atoms with van der Waals surface area (Å²) in [6.45, 7) is 5.90. The first-order valence-electron chi connectivity index (χ1n) is 4.12. The number of halogens is 1. The number of hydrogen-bond donors (Lipinski definition) is 0. The molecule has 0 aromatic carbocycles. The molecule has 0 atom stereocenters. The summed E-state index contributed by atoms with van der Waals surface area (Å²) in [5, 5.41) is -0.537. The molecule has 0 radical (unpaired) electrons. The third kappa shape index (κ3) is 2.51. The van der Waals surface area contributed by atoms with Crippen molar-refractivity contribution in [1.29, 1.82) is 0 Å². The van der Waals surface area contributed by atoms with Crippen LogP contribution < -0.4 is 0 Å². The molecular weight excluding hydrogens is 205 g/mol. The molecule has 0 spiro atoms. The summed E-state index contributed by atoms with van der Waals surface area (Å²) in [7, 11) is -4.68. The van der Waals surface area contributed by atoms with E-state index in [1.54, 1.807) is 6.07 Å². The Morgan fingerprint density at radius 3 is 2.14 bits per heavy atom. The summed E-state index contributed by atoms with van der Waals surface area (Å²) < 4.78 is 33.4. The molecule has 0 aliphatic rings. The fraction of sp³-hybridized carbons (Fsp3) is 0.444. The Bertz CT molecular complexity index is 417. The van der Waals surface area contributed by atoms with Crippen molar-refractivity contribution < 1.29 is 12.3 Å². The minimum atomic E-state index is -4.68. The minimum Gasteiger partial charge on any atom is -0.242 e. The van der Waals surface area contributed by atoms with Crippen molar-refractivity contribution in [3.05, 3.63) is 23.9 Å². The third-order valence-corrected chi connectivity index (χ3v) is 2.59. The summed E-state index contributed by atoms with van der Waals surface area (Å²) in [5.74, 6) is 0. The molecule has 0 aliphatic heterocycles. The lowest BCUT2D eigenvalue weighted by molar-refractivity contribution is 0.545. The maximum atomic E-state index is 12.5. The van der Waals surface area contributed by atoms with E-state index in [1.807, 2.05) is 20.8 Å². The van der Waals surface area contributed by atoms with Crippen LogP contribution in [0.25, 0.3) is 0 Å². The fourth-order valence-electron chi connectivity index (χ4n) is 0.968. The molecule has 0 N–H and O–H groups in total. The molecule has 0 bridgehead atoms. The van der Waals surface area contributed by atoms with E-state index < -0.39 is 15.2 Å². The van der Waals surface area contributed by atoms with Crippen LogP contribution in [-0.2, 0) is 15.6 Å². The molecule has 0 amide bonds. The highest BCUT2D eigenvalue weighted by atomic mass is 32.3. The van der Waals surface area contributed by atoms with Gasteiger partial charge in [0.2, 0.25) is 0 Å². The fourth-order valence-corrected chi connectivity index (χ4v) is 1.38. The van der Waals surface area contributed by atoms with Gasteiger partial charge in [-0.1, -0.05) is 30.7 Å². The average Bonchev–Trinajstić information content (AvgIpc) is 2.01. The Labute approximate surface area is 83.2 Å². The van der Waals surface area contributed by atoms with Crippen LogP contribution in [0.2, 0.25) is 0 Å². The minimum absolute atomic E-state index is 0.119. The molecule has 5 heteroatoms. The van der Waals surface area contributed by atoms with E-state index in [0.717, 1.165) is 5.56 Å². The van der Waals surface area contributed by atoms with E-state index in [2.05, 4.69) is 4.98 Å². The molecule has 0 unspecified atom stereocenters. The highest BCUT2D eigenvalue weighted by molar-refractivity contribution is 7.86. The normalized spacial score (nSPS) is 12.9. The second-order valence-corrected chi connectivity index (χ2v) is 5.37. The van der Waals surface area contributed by atoms with Crippen LogP contribution in [0.15, 0.2) is 23.4 Å². The largest absolute Gasteiger partial charge is 0.349 e. The molecule has 78 valence electrons. The number of aromatic nitrogens is 1. The monoisotopic (exact) mass is 217 g/mol. The first kappa shape index (κ1) is 11.1. The van der Waals surface area contributed by atoms with Gasteiger partial charge in [-0.3, -0.25) is 0 Å². The molecule has 1 aromatic rings. The van der Waals surface area contributed by atoms with Crippen molar-refractivity contribution in [2.24, 2.45) is 0 Å². The van der Waals surface area contributed by atoms with Gasteiger partial charge in [0.15, 0.2) is 5.03 Å². The highest BCUT2D eigenvalue weighted by Crippen LogP contribution is 2.22.